The standard InChI is InChI=1S/C24H20Cl2N4O/c1-14-10-18(26)12-19-21(14)30-23(28-19)24(8-3-9-24)16-6-7-20(27-13-16)29-22(31)15-4-2-5-17(25)11-15/h2,4-7,10-13H,3,8-9H2,1H3,(H,28,30)(H,27,29,31). The van der Waals surface area contributed by atoms with E-state index >= 15 is 0 Å². The second-order valence-electron chi connectivity index (χ2n) is 8.03. The molecule has 0 radical (unpaired) electrons. The van der Waals surface area contributed by atoms with Crippen molar-refractivity contribution in [3.05, 3.63) is 87.3 Å². The van der Waals surface area contributed by atoms with Crippen molar-refractivity contribution < 1.29 is 4.79 Å². The molecule has 1 aliphatic carbocycles. The van der Waals surface area contributed by atoms with E-state index in [1.165, 1.54) is 0 Å². The highest BCUT2D eigenvalue weighted by Gasteiger charge is 2.43. The third kappa shape index (κ3) is 3.58. The van der Waals surface area contributed by atoms with Gasteiger partial charge in [0.2, 0.25) is 0 Å². The number of hydrogen-bond acceptors (Lipinski definition) is 3. The number of halogens is 2. The molecule has 1 fully saturated rings. The first kappa shape index (κ1) is 20.0. The Morgan fingerprint density at radius 3 is 2.61 bits per heavy atom. The number of aromatic amines is 1. The second kappa shape index (κ2) is 7.66. The molecular formula is C24H20Cl2N4O. The van der Waals surface area contributed by atoms with E-state index in [9.17, 15) is 4.79 Å². The Hall–Kier alpha value is -2.89. The van der Waals surface area contributed by atoms with E-state index in [1.807, 2.05) is 37.4 Å². The zero-order valence-electron chi connectivity index (χ0n) is 16.9. The molecule has 2 heterocycles. The number of rotatable bonds is 4. The van der Waals surface area contributed by atoms with E-state index in [0.717, 1.165) is 47.2 Å². The van der Waals surface area contributed by atoms with Crippen molar-refractivity contribution in [2.24, 2.45) is 0 Å². The molecule has 2 aromatic heterocycles. The number of hydrogen-bond donors (Lipinski definition) is 2. The number of H-pyrrole nitrogens is 1. The smallest absolute Gasteiger partial charge is 0.256 e. The molecule has 5 nitrogen and oxygen atoms in total. The SMILES string of the molecule is Cc1cc(Cl)cc2nc(C3(c4ccc(NC(=O)c5cccc(Cl)c5)nc4)CCC3)[nH]c12. The maximum atomic E-state index is 12.5. The van der Waals surface area contributed by atoms with Crippen LogP contribution in [0.15, 0.2) is 54.7 Å². The van der Waals surface area contributed by atoms with Gasteiger partial charge in [-0.3, -0.25) is 4.79 Å². The Labute approximate surface area is 189 Å². The summed E-state index contributed by atoms with van der Waals surface area (Å²) in [5.74, 6) is 1.19. The maximum Gasteiger partial charge on any atom is 0.256 e. The molecule has 0 aliphatic heterocycles. The number of carbonyl (C=O) groups is 1. The molecule has 0 unspecified atom stereocenters. The summed E-state index contributed by atoms with van der Waals surface area (Å²) >= 11 is 12.2. The summed E-state index contributed by atoms with van der Waals surface area (Å²) in [5.41, 5.74) is 4.36. The van der Waals surface area contributed by atoms with Crippen LogP contribution in [0.2, 0.25) is 10.0 Å². The van der Waals surface area contributed by atoms with Crippen molar-refractivity contribution in [3.63, 3.8) is 0 Å². The van der Waals surface area contributed by atoms with E-state index in [0.29, 0.717) is 21.4 Å². The van der Waals surface area contributed by atoms with Gasteiger partial charge >= 0.3 is 0 Å². The molecule has 7 heteroatoms. The predicted octanol–water partition coefficient (Wildman–Crippen LogP) is 6.30. The third-order valence-electron chi connectivity index (χ3n) is 6.06. The number of nitrogens with zero attached hydrogens (tertiary/aromatic N) is 2. The lowest BCUT2D eigenvalue weighted by Crippen LogP contribution is -2.36. The minimum absolute atomic E-state index is 0.194. The van der Waals surface area contributed by atoms with Gasteiger partial charge < -0.3 is 10.3 Å². The Morgan fingerprint density at radius 1 is 1.10 bits per heavy atom. The number of fused-ring (bicyclic) bond motifs is 1. The average Bonchev–Trinajstić information content (AvgIpc) is 3.13. The van der Waals surface area contributed by atoms with E-state index < -0.39 is 0 Å². The summed E-state index contributed by atoms with van der Waals surface area (Å²) in [6.45, 7) is 2.03. The van der Waals surface area contributed by atoms with Gasteiger partial charge in [-0.05, 0) is 67.3 Å². The first-order chi connectivity index (χ1) is 14.9. The van der Waals surface area contributed by atoms with Gasteiger partial charge in [0.15, 0.2) is 0 Å². The number of imidazole rings is 1. The molecule has 0 atom stereocenters. The van der Waals surface area contributed by atoms with Gasteiger partial charge in [-0.25, -0.2) is 9.97 Å². The van der Waals surface area contributed by atoms with Crippen molar-refractivity contribution in [3.8, 4) is 0 Å². The van der Waals surface area contributed by atoms with Gasteiger partial charge in [0.1, 0.15) is 11.6 Å². The number of aromatic nitrogens is 3. The Balaban J connectivity index is 1.43. The van der Waals surface area contributed by atoms with Gasteiger partial charge in [-0.15, -0.1) is 0 Å². The number of nitrogens with one attached hydrogen (secondary N) is 2. The monoisotopic (exact) mass is 450 g/mol. The number of aryl methyl sites for hydroxylation is 1. The molecule has 0 saturated heterocycles. The van der Waals surface area contributed by atoms with Crippen molar-refractivity contribution in [2.75, 3.05) is 5.32 Å². The number of anilines is 1. The lowest BCUT2D eigenvalue weighted by Gasteiger charge is -2.40. The topological polar surface area (TPSA) is 70.7 Å². The molecule has 156 valence electrons. The van der Waals surface area contributed by atoms with E-state index in [2.05, 4.69) is 15.3 Å². The molecule has 1 saturated carbocycles. The fourth-order valence-corrected chi connectivity index (χ4v) is 4.69. The van der Waals surface area contributed by atoms with E-state index in [-0.39, 0.29) is 11.3 Å². The lowest BCUT2D eigenvalue weighted by molar-refractivity contribution is 0.102. The fourth-order valence-electron chi connectivity index (χ4n) is 4.23. The highest BCUT2D eigenvalue weighted by Crippen LogP contribution is 2.48. The van der Waals surface area contributed by atoms with Gasteiger partial charge in [-0.2, -0.15) is 0 Å². The highest BCUT2D eigenvalue weighted by atomic mass is 35.5. The van der Waals surface area contributed by atoms with Crippen LogP contribution in [0, 0.1) is 6.92 Å². The molecule has 31 heavy (non-hydrogen) atoms. The quantitative estimate of drug-likeness (QED) is 0.383. The zero-order chi connectivity index (χ0) is 21.6. The number of amides is 1. The molecule has 2 aromatic carbocycles. The van der Waals surface area contributed by atoms with Crippen molar-refractivity contribution in [1.82, 2.24) is 15.0 Å². The summed E-state index contributed by atoms with van der Waals surface area (Å²) in [6, 6.07) is 14.5. The van der Waals surface area contributed by atoms with E-state index in [4.69, 9.17) is 28.2 Å². The minimum Gasteiger partial charge on any atom is -0.341 e. The molecule has 0 bridgehead atoms. The summed E-state index contributed by atoms with van der Waals surface area (Å²) < 4.78 is 0. The van der Waals surface area contributed by atoms with Crippen LogP contribution < -0.4 is 5.32 Å². The molecule has 1 aliphatic rings. The van der Waals surface area contributed by atoms with Crippen LogP contribution in [0.5, 0.6) is 0 Å². The molecule has 2 N–H and O–H groups in total. The number of benzene rings is 2. The van der Waals surface area contributed by atoms with Crippen LogP contribution in [-0.2, 0) is 5.41 Å². The maximum absolute atomic E-state index is 12.5. The second-order valence-corrected chi connectivity index (χ2v) is 8.91. The molecular weight excluding hydrogens is 431 g/mol. The average molecular weight is 451 g/mol. The highest BCUT2D eigenvalue weighted by molar-refractivity contribution is 6.31. The molecule has 5 rings (SSSR count). The summed E-state index contributed by atoms with van der Waals surface area (Å²) in [5, 5.41) is 4.03. The number of pyridine rings is 1. The Kier molecular flexibility index (Phi) is 4.95. The van der Waals surface area contributed by atoms with Crippen LogP contribution in [0.4, 0.5) is 5.82 Å². The predicted molar refractivity (Wildman–Crippen MR) is 124 cm³/mol. The fraction of sp³-hybridized carbons (Fsp3) is 0.208. The normalized spacial score (nSPS) is 14.9. The van der Waals surface area contributed by atoms with Crippen LogP contribution >= 0.6 is 23.2 Å². The van der Waals surface area contributed by atoms with Gasteiger partial charge in [0.25, 0.3) is 5.91 Å². The first-order valence-corrected chi connectivity index (χ1v) is 10.9. The first-order valence-electron chi connectivity index (χ1n) is 10.1. The largest absolute Gasteiger partial charge is 0.341 e. The molecule has 4 aromatic rings. The molecule has 0 spiro atoms. The third-order valence-corrected chi connectivity index (χ3v) is 6.51. The molecule has 1 amide bonds. The summed E-state index contributed by atoms with van der Waals surface area (Å²) in [6.07, 6.45) is 4.95. The summed E-state index contributed by atoms with van der Waals surface area (Å²) in [7, 11) is 0. The Morgan fingerprint density at radius 2 is 1.94 bits per heavy atom. The van der Waals surface area contributed by atoms with Crippen LogP contribution in [0.1, 0.15) is 46.6 Å². The van der Waals surface area contributed by atoms with Crippen molar-refractivity contribution in [1.29, 1.82) is 0 Å². The Bertz CT molecular complexity index is 1290. The van der Waals surface area contributed by atoms with Crippen molar-refractivity contribution >= 4 is 46.0 Å². The lowest BCUT2D eigenvalue weighted by atomic mass is 9.64. The van der Waals surface area contributed by atoms with Crippen LogP contribution in [0.3, 0.4) is 0 Å². The van der Waals surface area contributed by atoms with Crippen LogP contribution in [-0.4, -0.2) is 20.9 Å². The zero-order valence-corrected chi connectivity index (χ0v) is 18.4. The van der Waals surface area contributed by atoms with Crippen molar-refractivity contribution in [2.45, 2.75) is 31.6 Å². The van der Waals surface area contributed by atoms with Gasteiger partial charge in [-0.1, -0.05) is 41.8 Å². The van der Waals surface area contributed by atoms with E-state index in [1.54, 1.807) is 24.3 Å². The van der Waals surface area contributed by atoms with Gasteiger partial charge in [0, 0.05) is 21.8 Å². The summed E-state index contributed by atoms with van der Waals surface area (Å²) in [4.78, 5) is 25.4. The number of carbonyl (C=O) groups excluding carboxylic acids is 1. The minimum atomic E-state index is -0.245. The van der Waals surface area contributed by atoms with Crippen LogP contribution in [0.25, 0.3) is 11.0 Å². The van der Waals surface area contributed by atoms with Gasteiger partial charge in [0.05, 0.1) is 16.4 Å².